The topological polar surface area (TPSA) is 55.1 Å². The molecule has 0 unspecified atom stereocenters. The summed E-state index contributed by atoms with van der Waals surface area (Å²) in [4.78, 5) is 15.6. The molecule has 0 saturated heterocycles. The monoisotopic (exact) mass is 284 g/mol. The summed E-state index contributed by atoms with van der Waals surface area (Å²) in [5.74, 6) is -1.43. The van der Waals surface area contributed by atoms with Crippen LogP contribution in [0.3, 0.4) is 0 Å². The van der Waals surface area contributed by atoms with Crippen LogP contribution >= 0.6 is 0 Å². The normalized spacial score (nSPS) is 11.0. The van der Waals surface area contributed by atoms with Gasteiger partial charge in [0.15, 0.2) is 0 Å². The van der Waals surface area contributed by atoms with Gasteiger partial charge in [-0.25, -0.2) is 9.18 Å². The van der Waals surface area contributed by atoms with E-state index in [4.69, 9.17) is 0 Å². The molecule has 2 heterocycles. The Morgan fingerprint density at radius 1 is 1.29 bits per heavy atom. The van der Waals surface area contributed by atoms with Crippen molar-refractivity contribution >= 4 is 16.9 Å². The van der Waals surface area contributed by atoms with Crippen molar-refractivity contribution in [3.05, 3.63) is 65.4 Å². The van der Waals surface area contributed by atoms with Crippen LogP contribution in [-0.4, -0.2) is 20.6 Å². The molecule has 3 aromatic rings. The molecule has 106 valence electrons. The summed E-state index contributed by atoms with van der Waals surface area (Å²) < 4.78 is 14.9. The van der Waals surface area contributed by atoms with Crippen molar-refractivity contribution in [1.29, 1.82) is 0 Å². The number of hydrogen-bond donors (Lipinski definition) is 1. The fourth-order valence-corrected chi connectivity index (χ4v) is 2.44. The smallest absolute Gasteiger partial charge is 0.352 e. The summed E-state index contributed by atoms with van der Waals surface area (Å²) in [6.07, 6.45) is 1.69. The zero-order valence-corrected chi connectivity index (χ0v) is 11.4. The van der Waals surface area contributed by atoms with Crippen LogP contribution in [0.2, 0.25) is 0 Å². The molecule has 0 spiro atoms. The van der Waals surface area contributed by atoms with Crippen LogP contribution < -0.4 is 0 Å². The van der Waals surface area contributed by atoms with Crippen LogP contribution in [-0.2, 0) is 6.54 Å². The molecule has 0 amide bonds. The van der Waals surface area contributed by atoms with Gasteiger partial charge in [0.1, 0.15) is 11.5 Å². The largest absolute Gasteiger partial charge is 0.477 e. The number of hydrogen-bond acceptors (Lipinski definition) is 2. The van der Waals surface area contributed by atoms with E-state index in [2.05, 4.69) is 4.98 Å². The van der Waals surface area contributed by atoms with Crippen molar-refractivity contribution in [3.63, 3.8) is 0 Å². The molecule has 5 heteroatoms. The first-order valence-electron chi connectivity index (χ1n) is 6.48. The summed E-state index contributed by atoms with van der Waals surface area (Å²) in [5, 5.41) is 9.90. The van der Waals surface area contributed by atoms with Gasteiger partial charge in [0, 0.05) is 17.1 Å². The van der Waals surface area contributed by atoms with Gasteiger partial charge < -0.3 is 9.67 Å². The molecular formula is C16H13FN2O2. The lowest BCUT2D eigenvalue weighted by molar-refractivity contribution is 0.0686. The molecule has 0 bridgehead atoms. The number of aryl methyl sites for hydroxylation is 1. The van der Waals surface area contributed by atoms with Crippen LogP contribution in [0, 0.1) is 12.7 Å². The third-order valence-corrected chi connectivity index (χ3v) is 3.37. The zero-order valence-electron chi connectivity index (χ0n) is 11.4. The van der Waals surface area contributed by atoms with E-state index < -0.39 is 5.97 Å². The van der Waals surface area contributed by atoms with Crippen LogP contribution in [0.25, 0.3) is 10.9 Å². The van der Waals surface area contributed by atoms with Gasteiger partial charge in [-0.15, -0.1) is 0 Å². The number of aromatic nitrogens is 2. The number of halogens is 1. The summed E-state index contributed by atoms with van der Waals surface area (Å²) in [5.41, 5.74) is 2.62. The standard InChI is InChI=1S/C16H13FN2O2/c1-10-4-5-18-13(6-10)9-19-14-3-2-12(17)7-11(14)8-15(19)16(20)21/h2-8H,9H2,1H3,(H,20,21). The summed E-state index contributed by atoms with van der Waals surface area (Å²) in [6.45, 7) is 2.28. The Balaban J connectivity index is 2.15. The van der Waals surface area contributed by atoms with Crippen LogP contribution in [0.1, 0.15) is 21.7 Å². The minimum absolute atomic E-state index is 0.124. The van der Waals surface area contributed by atoms with E-state index in [-0.39, 0.29) is 11.5 Å². The maximum atomic E-state index is 13.3. The number of pyridine rings is 1. The summed E-state index contributed by atoms with van der Waals surface area (Å²) in [6, 6.07) is 9.52. The maximum Gasteiger partial charge on any atom is 0.352 e. The zero-order chi connectivity index (χ0) is 15.0. The van der Waals surface area contributed by atoms with Gasteiger partial charge in [-0.05, 0) is 48.9 Å². The van der Waals surface area contributed by atoms with Crippen molar-refractivity contribution < 1.29 is 14.3 Å². The molecule has 3 rings (SSSR count). The minimum Gasteiger partial charge on any atom is -0.477 e. The van der Waals surface area contributed by atoms with E-state index in [0.29, 0.717) is 17.4 Å². The Morgan fingerprint density at radius 2 is 2.10 bits per heavy atom. The van der Waals surface area contributed by atoms with Crippen molar-refractivity contribution in [1.82, 2.24) is 9.55 Å². The molecule has 4 nitrogen and oxygen atoms in total. The first kappa shape index (κ1) is 13.3. The SMILES string of the molecule is Cc1ccnc(Cn2c(C(=O)O)cc3cc(F)ccc32)c1. The number of nitrogens with zero attached hydrogens (tertiary/aromatic N) is 2. The third-order valence-electron chi connectivity index (χ3n) is 3.37. The first-order chi connectivity index (χ1) is 10.0. The Kier molecular flexibility index (Phi) is 3.17. The quantitative estimate of drug-likeness (QED) is 0.803. The number of benzene rings is 1. The first-order valence-corrected chi connectivity index (χ1v) is 6.48. The fraction of sp³-hybridized carbons (Fsp3) is 0.125. The van der Waals surface area contributed by atoms with E-state index in [1.165, 1.54) is 18.2 Å². The highest BCUT2D eigenvalue weighted by atomic mass is 19.1. The fourth-order valence-electron chi connectivity index (χ4n) is 2.44. The van der Waals surface area contributed by atoms with Gasteiger partial charge >= 0.3 is 5.97 Å². The molecule has 0 aliphatic carbocycles. The molecule has 0 aliphatic rings. The van der Waals surface area contributed by atoms with Crippen molar-refractivity contribution in [2.45, 2.75) is 13.5 Å². The highest BCUT2D eigenvalue weighted by Crippen LogP contribution is 2.22. The Hall–Kier alpha value is -2.69. The van der Waals surface area contributed by atoms with E-state index >= 15 is 0 Å². The number of carbonyl (C=O) groups is 1. The Labute approximate surface area is 120 Å². The number of aromatic carboxylic acids is 1. The van der Waals surface area contributed by atoms with Crippen molar-refractivity contribution in [2.75, 3.05) is 0 Å². The molecule has 0 radical (unpaired) electrons. The predicted octanol–water partition coefficient (Wildman–Crippen LogP) is 3.23. The van der Waals surface area contributed by atoms with Gasteiger partial charge in [0.2, 0.25) is 0 Å². The van der Waals surface area contributed by atoms with E-state index in [0.717, 1.165) is 11.3 Å². The van der Waals surface area contributed by atoms with Crippen LogP contribution in [0.5, 0.6) is 0 Å². The molecule has 0 fully saturated rings. The van der Waals surface area contributed by atoms with E-state index in [9.17, 15) is 14.3 Å². The van der Waals surface area contributed by atoms with Crippen LogP contribution in [0.15, 0.2) is 42.6 Å². The highest BCUT2D eigenvalue weighted by Gasteiger charge is 2.15. The van der Waals surface area contributed by atoms with E-state index in [1.807, 2.05) is 19.1 Å². The number of carboxylic acids is 1. The summed E-state index contributed by atoms with van der Waals surface area (Å²) >= 11 is 0. The Bertz CT molecular complexity index is 839. The van der Waals surface area contributed by atoms with E-state index in [1.54, 1.807) is 16.8 Å². The van der Waals surface area contributed by atoms with Crippen LogP contribution in [0.4, 0.5) is 4.39 Å². The van der Waals surface area contributed by atoms with Gasteiger partial charge in [0.05, 0.1) is 12.2 Å². The second-order valence-electron chi connectivity index (χ2n) is 4.95. The minimum atomic E-state index is -1.04. The predicted molar refractivity (Wildman–Crippen MR) is 76.9 cm³/mol. The molecule has 1 aromatic carbocycles. The van der Waals surface area contributed by atoms with Crippen molar-refractivity contribution in [2.24, 2.45) is 0 Å². The number of carboxylic acid groups (broad SMARTS) is 1. The molecule has 0 aliphatic heterocycles. The molecule has 1 N–H and O–H groups in total. The van der Waals surface area contributed by atoms with Crippen molar-refractivity contribution in [3.8, 4) is 0 Å². The van der Waals surface area contributed by atoms with Gasteiger partial charge in [-0.1, -0.05) is 0 Å². The maximum absolute atomic E-state index is 13.3. The molecule has 0 atom stereocenters. The van der Waals surface area contributed by atoms with Gasteiger partial charge in [-0.2, -0.15) is 0 Å². The Morgan fingerprint density at radius 3 is 2.81 bits per heavy atom. The second kappa shape index (κ2) is 5.01. The third kappa shape index (κ3) is 2.50. The molecule has 21 heavy (non-hydrogen) atoms. The second-order valence-corrected chi connectivity index (χ2v) is 4.95. The summed E-state index contributed by atoms with van der Waals surface area (Å²) in [7, 11) is 0. The van der Waals surface area contributed by atoms with Gasteiger partial charge in [-0.3, -0.25) is 4.98 Å². The number of rotatable bonds is 3. The molecular weight excluding hydrogens is 271 g/mol. The lowest BCUT2D eigenvalue weighted by Gasteiger charge is -2.08. The molecule has 0 saturated carbocycles. The lowest BCUT2D eigenvalue weighted by Crippen LogP contribution is -2.10. The average Bonchev–Trinajstić information content (AvgIpc) is 2.77. The molecule has 2 aromatic heterocycles. The average molecular weight is 284 g/mol. The number of fused-ring (bicyclic) bond motifs is 1. The highest BCUT2D eigenvalue weighted by molar-refractivity contribution is 5.94. The lowest BCUT2D eigenvalue weighted by atomic mass is 10.2. The van der Waals surface area contributed by atoms with Gasteiger partial charge in [0.25, 0.3) is 0 Å².